The van der Waals surface area contributed by atoms with Crippen LogP contribution in [0.4, 0.5) is 0 Å². The van der Waals surface area contributed by atoms with E-state index in [4.69, 9.17) is 9.47 Å². The second-order valence-electron chi connectivity index (χ2n) is 8.66. The molecule has 2 heterocycles. The molecule has 2 saturated carbocycles. The largest absolute Gasteiger partial charge is 0.490 e. The van der Waals surface area contributed by atoms with Crippen molar-refractivity contribution < 1.29 is 14.6 Å². The molecule has 0 spiro atoms. The standard InChI is InChI=1S/C23H28N2O4/c26-13-18-11-21(27)24-23-25(18)12-20(29-23)14-28-19-9-7-17(8-10-19)22-15-3-1-4-16(22)6-2-5-15/h7-11,15-16,20,22,26H,1-6,12-14H2/t15?,16?,20-,22?/m0/s1. The molecule has 1 aromatic heterocycles. The van der Waals surface area contributed by atoms with E-state index < -0.39 is 5.56 Å². The minimum atomic E-state index is -0.398. The number of nitrogens with zero attached hydrogens (tertiary/aromatic N) is 2. The Balaban J connectivity index is 1.22. The van der Waals surface area contributed by atoms with Gasteiger partial charge in [0.15, 0.2) is 6.10 Å². The lowest BCUT2D eigenvalue weighted by Gasteiger charge is -2.43. The second-order valence-corrected chi connectivity index (χ2v) is 8.66. The fourth-order valence-corrected chi connectivity index (χ4v) is 5.62. The Labute approximate surface area is 170 Å². The number of aliphatic hydroxyl groups is 1. The van der Waals surface area contributed by atoms with Gasteiger partial charge in [-0.2, -0.15) is 4.98 Å². The van der Waals surface area contributed by atoms with E-state index in [1.807, 2.05) is 0 Å². The fourth-order valence-electron chi connectivity index (χ4n) is 5.62. The van der Waals surface area contributed by atoms with Crippen LogP contribution in [-0.2, 0) is 13.2 Å². The molecule has 154 valence electrons. The van der Waals surface area contributed by atoms with Crippen molar-refractivity contribution in [3.8, 4) is 11.8 Å². The average Bonchev–Trinajstić information content (AvgIpc) is 3.14. The minimum Gasteiger partial charge on any atom is -0.490 e. The topological polar surface area (TPSA) is 73.6 Å². The lowest BCUT2D eigenvalue weighted by atomic mass is 9.62. The van der Waals surface area contributed by atoms with Gasteiger partial charge in [0, 0.05) is 6.07 Å². The van der Waals surface area contributed by atoms with Gasteiger partial charge in [0.25, 0.3) is 5.56 Å². The third-order valence-corrected chi connectivity index (χ3v) is 6.91. The van der Waals surface area contributed by atoms with Crippen molar-refractivity contribution in [3.05, 3.63) is 51.9 Å². The van der Waals surface area contributed by atoms with Crippen LogP contribution in [0.1, 0.15) is 55.7 Å². The number of aromatic nitrogens is 2. The molecule has 6 nitrogen and oxygen atoms in total. The Bertz CT molecular complexity index is 901. The van der Waals surface area contributed by atoms with Gasteiger partial charge in [-0.05, 0) is 61.1 Å². The number of aliphatic hydroxyl groups excluding tert-OH is 1. The highest BCUT2D eigenvalue weighted by molar-refractivity contribution is 5.31. The number of rotatable bonds is 5. The van der Waals surface area contributed by atoms with Crippen molar-refractivity contribution in [1.82, 2.24) is 9.55 Å². The Morgan fingerprint density at radius 3 is 2.45 bits per heavy atom. The van der Waals surface area contributed by atoms with Gasteiger partial charge in [-0.1, -0.05) is 25.0 Å². The van der Waals surface area contributed by atoms with Crippen molar-refractivity contribution in [2.75, 3.05) is 6.61 Å². The molecule has 6 heteroatoms. The van der Waals surface area contributed by atoms with Crippen LogP contribution < -0.4 is 15.0 Å². The molecule has 29 heavy (non-hydrogen) atoms. The second kappa shape index (κ2) is 7.82. The number of ether oxygens (including phenoxy) is 2. The van der Waals surface area contributed by atoms with Gasteiger partial charge in [0.2, 0.25) is 0 Å². The van der Waals surface area contributed by atoms with Crippen LogP contribution in [0.15, 0.2) is 35.1 Å². The maximum absolute atomic E-state index is 11.6. The zero-order chi connectivity index (χ0) is 19.8. The lowest BCUT2D eigenvalue weighted by molar-refractivity contribution is 0.143. The van der Waals surface area contributed by atoms with Gasteiger partial charge in [-0.15, -0.1) is 0 Å². The summed E-state index contributed by atoms with van der Waals surface area (Å²) in [6, 6.07) is 10.2. The maximum atomic E-state index is 11.6. The molecule has 1 aliphatic heterocycles. The van der Waals surface area contributed by atoms with Crippen LogP contribution in [0, 0.1) is 11.8 Å². The van der Waals surface area contributed by atoms with Gasteiger partial charge in [0.05, 0.1) is 18.8 Å². The summed E-state index contributed by atoms with van der Waals surface area (Å²) in [6.45, 7) is 0.671. The molecule has 3 aliphatic rings. The molecular formula is C23H28N2O4. The zero-order valence-electron chi connectivity index (χ0n) is 16.6. The summed E-state index contributed by atoms with van der Waals surface area (Å²) in [7, 11) is 0. The Morgan fingerprint density at radius 2 is 1.79 bits per heavy atom. The highest BCUT2D eigenvalue weighted by Crippen LogP contribution is 2.49. The molecule has 2 bridgehead atoms. The van der Waals surface area contributed by atoms with Crippen LogP contribution in [0.2, 0.25) is 0 Å². The summed E-state index contributed by atoms with van der Waals surface area (Å²) in [5, 5.41) is 9.44. The van der Waals surface area contributed by atoms with Crippen LogP contribution >= 0.6 is 0 Å². The van der Waals surface area contributed by atoms with Gasteiger partial charge < -0.3 is 14.6 Å². The molecule has 2 aromatic rings. The van der Waals surface area contributed by atoms with Crippen molar-refractivity contribution in [1.29, 1.82) is 0 Å². The fraction of sp³-hybridized carbons (Fsp3) is 0.565. The Morgan fingerprint density at radius 1 is 1.10 bits per heavy atom. The van der Waals surface area contributed by atoms with Crippen molar-refractivity contribution >= 4 is 0 Å². The first-order chi connectivity index (χ1) is 14.2. The first-order valence-electron chi connectivity index (χ1n) is 10.8. The maximum Gasteiger partial charge on any atom is 0.300 e. The summed E-state index contributed by atoms with van der Waals surface area (Å²) >= 11 is 0. The number of fused-ring (bicyclic) bond motifs is 3. The molecule has 0 unspecified atom stereocenters. The first kappa shape index (κ1) is 18.7. The highest BCUT2D eigenvalue weighted by atomic mass is 16.6. The normalized spacial score (nSPS) is 27.9. The van der Waals surface area contributed by atoms with E-state index in [-0.39, 0.29) is 18.7 Å². The van der Waals surface area contributed by atoms with E-state index >= 15 is 0 Å². The van der Waals surface area contributed by atoms with Crippen LogP contribution in [-0.4, -0.2) is 27.4 Å². The summed E-state index contributed by atoms with van der Waals surface area (Å²) in [4.78, 5) is 15.5. The predicted octanol–water partition coefficient (Wildman–Crippen LogP) is 3.26. The third-order valence-electron chi connectivity index (χ3n) is 6.91. The molecule has 5 rings (SSSR count). The summed E-state index contributed by atoms with van der Waals surface area (Å²) < 4.78 is 13.4. The van der Waals surface area contributed by atoms with E-state index in [1.165, 1.54) is 50.2 Å². The molecule has 2 fully saturated rings. The Kier molecular flexibility index (Phi) is 5.04. The van der Waals surface area contributed by atoms with Gasteiger partial charge in [-0.25, -0.2) is 0 Å². The van der Waals surface area contributed by atoms with Crippen molar-refractivity contribution in [3.63, 3.8) is 0 Å². The van der Waals surface area contributed by atoms with Gasteiger partial charge in [-0.3, -0.25) is 9.36 Å². The first-order valence-corrected chi connectivity index (χ1v) is 10.8. The molecular weight excluding hydrogens is 368 g/mol. The molecule has 0 radical (unpaired) electrons. The minimum absolute atomic E-state index is 0.216. The van der Waals surface area contributed by atoms with Gasteiger partial charge in [0.1, 0.15) is 12.4 Å². The van der Waals surface area contributed by atoms with E-state index in [0.717, 1.165) is 23.5 Å². The smallest absolute Gasteiger partial charge is 0.300 e. The number of hydrogen-bond acceptors (Lipinski definition) is 5. The Hall–Kier alpha value is -2.34. The van der Waals surface area contributed by atoms with Gasteiger partial charge >= 0.3 is 6.01 Å². The lowest BCUT2D eigenvalue weighted by Crippen LogP contribution is -2.30. The van der Waals surface area contributed by atoms with Crippen LogP contribution in [0.3, 0.4) is 0 Å². The van der Waals surface area contributed by atoms with E-state index in [1.54, 1.807) is 4.57 Å². The van der Waals surface area contributed by atoms with Crippen molar-refractivity contribution in [2.45, 2.75) is 63.7 Å². The molecule has 1 N–H and O–H groups in total. The van der Waals surface area contributed by atoms with Crippen LogP contribution in [0.5, 0.6) is 11.8 Å². The number of benzene rings is 1. The average molecular weight is 396 g/mol. The van der Waals surface area contributed by atoms with Crippen molar-refractivity contribution in [2.24, 2.45) is 11.8 Å². The quantitative estimate of drug-likeness (QED) is 0.840. The van der Waals surface area contributed by atoms with E-state index in [0.29, 0.717) is 18.8 Å². The zero-order valence-corrected chi connectivity index (χ0v) is 16.6. The molecule has 1 atom stereocenters. The third kappa shape index (κ3) is 3.66. The SMILES string of the molecule is O=c1cc(CO)n2c(n1)O[C@H](COc1ccc(C3C4CCCC3CCC4)cc1)C2. The molecule has 0 amide bonds. The molecule has 0 saturated heterocycles. The summed E-state index contributed by atoms with van der Waals surface area (Å²) in [6.07, 6.45) is 8.09. The highest BCUT2D eigenvalue weighted by Gasteiger charge is 2.37. The summed E-state index contributed by atoms with van der Waals surface area (Å²) in [5.41, 5.74) is 1.58. The molecule has 1 aromatic carbocycles. The summed E-state index contributed by atoms with van der Waals surface area (Å²) in [5.74, 6) is 3.27. The number of hydrogen-bond donors (Lipinski definition) is 1. The van der Waals surface area contributed by atoms with Crippen LogP contribution in [0.25, 0.3) is 0 Å². The predicted molar refractivity (Wildman–Crippen MR) is 108 cm³/mol. The molecule has 2 aliphatic carbocycles. The van der Waals surface area contributed by atoms with E-state index in [9.17, 15) is 9.90 Å². The monoisotopic (exact) mass is 396 g/mol. The van der Waals surface area contributed by atoms with E-state index in [2.05, 4.69) is 29.2 Å².